The fourth-order valence-electron chi connectivity index (χ4n) is 2.59. The average molecular weight is 287 g/mol. The molecule has 2 aromatic carbocycles. The number of benzene rings is 2. The molecule has 0 aliphatic carbocycles. The first-order chi connectivity index (χ1) is 10.0. The van der Waals surface area contributed by atoms with Crippen molar-refractivity contribution in [2.45, 2.75) is 18.1 Å². The lowest BCUT2D eigenvalue weighted by molar-refractivity contribution is -0.137. The Morgan fingerprint density at radius 1 is 1.14 bits per heavy atom. The van der Waals surface area contributed by atoms with Gasteiger partial charge >= 0.3 is 0 Å². The predicted molar refractivity (Wildman–Crippen MR) is 74.9 cm³/mol. The number of hydrogen-bond donors (Lipinski definition) is 3. The molecule has 108 valence electrons. The molecule has 2 atom stereocenters. The Morgan fingerprint density at radius 3 is 2.52 bits per heavy atom. The van der Waals surface area contributed by atoms with Gasteiger partial charge in [0.15, 0.2) is 5.60 Å². The van der Waals surface area contributed by atoms with E-state index in [1.54, 1.807) is 24.3 Å². The summed E-state index contributed by atoms with van der Waals surface area (Å²) in [6, 6.07) is 12.1. The number of fused-ring (bicyclic) bond motifs is 1. The van der Waals surface area contributed by atoms with E-state index in [-0.39, 0.29) is 6.42 Å². The summed E-state index contributed by atoms with van der Waals surface area (Å²) < 4.78 is 12.9. The zero-order chi connectivity index (χ0) is 15.0. The van der Waals surface area contributed by atoms with E-state index in [1.165, 1.54) is 24.3 Å². The van der Waals surface area contributed by atoms with Crippen molar-refractivity contribution < 1.29 is 19.4 Å². The fourth-order valence-corrected chi connectivity index (χ4v) is 2.59. The highest BCUT2D eigenvalue weighted by Gasteiger charge is 2.46. The molecule has 4 nitrogen and oxygen atoms in total. The van der Waals surface area contributed by atoms with Gasteiger partial charge in [0.1, 0.15) is 5.82 Å². The first kappa shape index (κ1) is 13.7. The minimum absolute atomic E-state index is 0.193. The smallest absolute Gasteiger partial charge is 0.261 e. The Hall–Kier alpha value is -2.24. The van der Waals surface area contributed by atoms with Crippen LogP contribution in [0, 0.1) is 5.82 Å². The zero-order valence-corrected chi connectivity index (χ0v) is 11.1. The number of aliphatic hydroxyl groups is 2. The Kier molecular flexibility index (Phi) is 3.23. The molecule has 1 amide bonds. The summed E-state index contributed by atoms with van der Waals surface area (Å²) in [6.07, 6.45) is -1.27. The minimum Gasteiger partial charge on any atom is -0.388 e. The van der Waals surface area contributed by atoms with Gasteiger partial charge < -0.3 is 15.5 Å². The summed E-state index contributed by atoms with van der Waals surface area (Å²) in [4.78, 5) is 12.0. The van der Waals surface area contributed by atoms with Gasteiger partial charge in [-0.25, -0.2) is 4.39 Å². The fraction of sp³-hybridized carbons (Fsp3) is 0.188. The van der Waals surface area contributed by atoms with E-state index in [2.05, 4.69) is 5.32 Å². The maximum atomic E-state index is 12.9. The lowest BCUT2D eigenvalue weighted by atomic mass is 9.87. The van der Waals surface area contributed by atoms with Crippen molar-refractivity contribution in [2.75, 3.05) is 5.32 Å². The molecule has 2 aromatic rings. The Bertz CT molecular complexity index is 686. The molecule has 0 saturated carbocycles. The van der Waals surface area contributed by atoms with Gasteiger partial charge in [0, 0.05) is 17.7 Å². The third kappa shape index (κ3) is 2.30. The highest BCUT2D eigenvalue weighted by Crippen LogP contribution is 2.41. The van der Waals surface area contributed by atoms with E-state index < -0.39 is 23.4 Å². The van der Waals surface area contributed by atoms with Crippen LogP contribution in [0.4, 0.5) is 10.1 Å². The van der Waals surface area contributed by atoms with Gasteiger partial charge in [-0.15, -0.1) is 0 Å². The molecule has 0 radical (unpaired) electrons. The summed E-state index contributed by atoms with van der Waals surface area (Å²) >= 11 is 0. The van der Waals surface area contributed by atoms with Crippen LogP contribution >= 0.6 is 0 Å². The summed E-state index contributed by atoms with van der Waals surface area (Å²) in [7, 11) is 0. The largest absolute Gasteiger partial charge is 0.388 e. The number of anilines is 1. The molecule has 5 heteroatoms. The molecule has 0 bridgehead atoms. The summed E-state index contributed by atoms with van der Waals surface area (Å²) in [6.45, 7) is 0. The molecule has 0 saturated heterocycles. The zero-order valence-electron chi connectivity index (χ0n) is 11.1. The highest BCUT2D eigenvalue weighted by atomic mass is 19.1. The second-order valence-corrected chi connectivity index (χ2v) is 5.13. The molecule has 0 spiro atoms. The van der Waals surface area contributed by atoms with Crippen LogP contribution in [0.1, 0.15) is 23.7 Å². The van der Waals surface area contributed by atoms with Crippen LogP contribution in [0.15, 0.2) is 48.5 Å². The maximum Gasteiger partial charge on any atom is 0.261 e. The highest BCUT2D eigenvalue weighted by molar-refractivity contribution is 6.04. The molecule has 0 fully saturated rings. The maximum absolute atomic E-state index is 12.9. The van der Waals surface area contributed by atoms with Crippen LogP contribution in [0.2, 0.25) is 0 Å². The second kappa shape index (κ2) is 4.95. The van der Waals surface area contributed by atoms with Crippen LogP contribution in [-0.2, 0) is 10.4 Å². The number of carbonyl (C=O) groups is 1. The summed E-state index contributed by atoms with van der Waals surface area (Å²) in [5.41, 5.74) is -0.362. The van der Waals surface area contributed by atoms with Crippen molar-refractivity contribution in [3.8, 4) is 0 Å². The number of nitrogens with one attached hydrogen (secondary N) is 1. The van der Waals surface area contributed by atoms with E-state index >= 15 is 0 Å². The molecular weight excluding hydrogens is 273 g/mol. The molecule has 3 N–H and O–H groups in total. The summed E-state index contributed by atoms with van der Waals surface area (Å²) in [5.74, 6) is -0.974. The van der Waals surface area contributed by atoms with Gasteiger partial charge in [0.05, 0.1) is 6.10 Å². The van der Waals surface area contributed by atoms with E-state index in [9.17, 15) is 19.4 Å². The molecular formula is C16H14FNO3. The van der Waals surface area contributed by atoms with Crippen molar-refractivity contribution in [3.05, 3.63) is 65.5 Å². The molecule has 3 rings (SSSR count). The van der Waals surface area contributed by atoms with Crippen LogP contribution in [0.5, 0.6) is 0 Å². The number of halogens is 1. The van der Waals surface area contributed by atoms with Crippen LogP contribution < -0.4 is 5.32 Å². The van der Waals surface area contributed by atoms with Crippen LogP contribution in [0.3, 0.4) is 0 Å². The number of rotatable bonds is 3. The van der Waals surface area contributed by atoms with E-state index in [0.29, 0.717) is 16.8 Å². The van der Waals surface area contributed by atoms with Gasteiger partial charge in [-0.3, -0.25) is 4.79 Å². The Labute approximate surface area is 120 Å². The first-order valence-electron chi connectivity index (χ1n) is 6.57. The summed E-state index contributed by atoms with van der Waals surface area (Å²) in [5, 5.41) is 23.5. The van der Waals surface area contributed by atoms with Crippen molar-refractivity contribution in [1.82, 2.24) is 0 Å². The molecule has 2 unspecified atom stereocenters. The van der Waals surface area contributed by atoms with Gasteiger partial charge in [-0.1, -0.05) is 30.3 Å². The first-order valence-corrected chi connectivity index (χ1v) is 6.57. The molecule has 0 aromatic heterocycles. The van der Waals surface area contributed by atoms with Gasteiger partial charge in [0.25, 0.3) is 5.91 Å². The Morgan fingerprint density at radius 2 is 1.81 bits per heavy atom. The number of amides is 1. The SMILES string of the molecule is O=C1Nc2ccccc2C1(O)CC(O)c1ccc(F)cc1. The van der Waals surface area contributed by atoms with E-state index in [0.717, 1.165) is 0 Å². The topological polar surface area (TPSA) is 69.6 Å². The number of carbonyl (C=O) groups excluding carboxylic acids is 1. The van der Waals surface area contributed by atoms with Crippen molar-refractivity contribution in [3.63, 3.8) is 0 Å². The third-order valence-electron chi connectivity index (χ3n) is 3.74. The Balaban J connectivity index is 1.90. The normalized spacial score (nSPS) is 21.8. The van der Waals surface area contributed by atoms with E-state index in [4.69, 9.17) is 0 Å². The molecule has 21 heavy (non-hydrogen) atoms. The minimum atomic E-state index is -1.79. The van der Waals surface area contributed by atoms with E-state index in [1.807, 2.05) is 0 Å². The molecule has 1 heterocycles. The van der Waals surface area contributed by atoms with Crippen molar-refractivity contribution in [2.24, 2.45) is 0 Å². The number of para-hydroxylation sites is 1. The monoisotopic (exact) mass is 287 g/mol. The van der Waals surface area contributed by atoms with Gasteiger partial charge in [0.2, 0.25) is 0 Å². The molecule has 1 aliphatic heterocycles. The second-order valence-electron chi connectivity index (χ2n) is 5.13. The van der Waals surface area contributed by atoms with Crippen molar-refractivity contribution >= 4 is 11.6 Å². The number of hydrogen-bond acceptors (Lipinski definition) is 3. The quantitative estimate of drug-likeness (QED) is 0.809. The van der Waals surface area contributed by atoms with Gasteiger partial charge in [-0.05, 0) is 23.8 Å². The molecule has 1 aliphatic rings. The van der Waals surface area contributed by atoms with Crippen LogP contribution in [-0.4, -0.2) is 16.1 Å². The predicted octanol–water partition coefficient (Wildman–Crippen LogP) is 2.09. The average Bonchev–Trinajstić information content (AvgIpc) is 2.71. The third-order valence-corrected chi connectivity index (χ3v) is 3.74. The van der Waals surface area contributed by atoms with Crippen molar-refractivity contribution in [1.29, 1.82) is 0 Å². The lowest BCUT2D eigenvalue weighted by Gasteiger charge is -2.24. The van der Waals surface area contributed by atoms with Gasteiger partial charge in [-0.2, -0.15) is 0 Å². The lowest BCUT2D eigenvalue weighted by Crippen LogP contribution is -2.35. The number of aliphatic hydroxyl groups excluding tert-OH is 1. The standard InChI is InChI=1S/C16H14FNO3/c17-11-7-5-10(6-8-11)14(19)9-16(21)12-3-1-2-4-13(12)18-15(16)20/h1-8,14,19,21H,9H2,(H,18,20). The van der Waals surface area contributed by atoms with Crippen LogP contribution in [0.25, 0.3) is 0 Å².